The molecule has 1 saturated carbocycles. The lowest BCUT2D eigenvalue weighted by Crippen LogP contribution is -2.54. The van der Waals surface area contributed by atoms with E-state index in [4.69, 9.17) is 0 Å². The molecule has 0 bridgehead atoms. The summed E-state index contributed by atoms with van der Waals surface area (Å²) in [6.07, 6.45) is 1.93. The Hall–Kier alpha value is -4.07. The molecule has 6 nitrogen and oxygen atoms in total. The Morgan fingerprint density at radius 3 is 2.28 bits per heavy atom. The van der Waals surface area contributed by atoms with Crippen LogP contribution in [0.1, 0.15) is 42.4 Å². The van der Waals surface area contributed by atoms with Crippen molar-refractivity contribution in [3.8, 4) is 0 Å². The molecular weight excluding hydrogens is 462 g/mol. The molecule has 8 heteroatoms. The van der Waals surface area contributed by atoms with Crippen LogP contribution in [0.2, 0.25) is 0 Å². The number of nitrogens with one attached hydrogen (secondary N) is 2. The molecule has 184 valence electrons. The van der Waals surface area contributed by atoms with Crippen LogP contribution in [-0.2, 0) is 10.3 Å². The van der Waals surface area contributed by atoms with E-state index >= 15 is 0 Å². The molecule has 1 unspecified atom stereocenters. The van der Waals surface area contributed by atoms with Crippen molar-refractivity contribution in [2.24, 2.45) is 4.99 Å². The van der Waals surface area contributed by atoms with Crippen LogP contribution in [0.4, 0.5) is 19.3 Å². The normalized spacial score (nSPS) is 18.8. The number of amides is 3. The lowest BCUT2D eigenvalue weighted by atomic mass is 9.88. The van der Waals surface area contributed by atoms with Crippen molar-refractivity contribution < 1.29 is 18.4 Å². The molecule has 0 aromatic heterocycles. The highest BCUT2D eigenvalue weighted by Gasteiger charge is 2.38. The minimum absolute atomic E-state index is 0.235. The number of nitrogens with zero attached hydrogens (tertiary/aromatic N) is 2. The zero-order valence-corrected chi connectivity index (χ0v) is 19.8. The number of carbonyl (C=O) groups is 2. The minimum atomic E-state index is -1.27. The third kappa shape index (κ3) is 4.34. The SMILES string of the molecule is CN1C(=O)C(NC(=O)NC2(c3ccc(F)cc3)CCCC2)N=C(c2ccccc2F)c2ccccc21. The smallest absolute Gasteiger partial charge is 0.317 e. The second kappa shape index (κ2) is 9.53. The number of carbonyl (C=O) groups excluding carboxylic acids is 2. The lowest BCUT2D eigenvalue weighted by molar-refractivity contribution is -0.119. The van der Waals surface area contributed by atoms with Gasteiger partial charge in [-0.15, -0.1) is 0 Å². The van der Waals surface area contributed by atoms with Gasteiger partial charge in [0.05, 0.1) is 16.9 Å². The third-order valence-corrected chi connectivity index (χ3v) is 6.95. The number of halogens is 2. The summed E-state index contributed by atoms with van der Waals surface area (Å²) >= 11 is 0. The van der Waals surface area contributed by atoms with E-state index in [0.717, 1.165) is 18.4 Å². The van der Waals surface area contributed by atoms with Crippen molar-refractivity contribution in [2.75, 3.05) is 11.9 Å². The van der Waals surface area contributed by atoms with Crippen molar-refractivity contribution >= 4 is 23.3 Å². The summed E-state index contributed by atoms with van der Waals surface area (Å²) in [5.74, 6) is -1.28. The lowest BCUT2D eigenvalue weighted by Gasteiger charge is -2.32. The van der Waals surface area contributed by atoms with Gasteiger partial charge >= 0.3 is 6.03 Å². The predicted molar refractivity (Wildman–Crippen MR) is 134 cm³/mol. The van der Waals surface area contributed by atoms with E-state index in [9.17, 15) is 18.4 Å². The summed E-state index contributed by atoms with van der Waals surface area (Å²) in [5.41, 5.74) is 1.80. The second-order valence-corrected chi connectivity index (χ2v) is 9.17. The number of urea groups is 1. The first kappa shape index (κ1) is 23.7. The fourth-order valence-corrected chi connectivity index (χ4v) is 5.10. The first-order chi connectivity index (χ1) is 17.4. The number of para-hydroxylation sites is 1. The number of aliphatic imine (C=N–C) groups is 1. The zero-order chi connectivity index (χ0) is 25.3. The van der Waals surface area contributed by atoms with Gasteiger partial charge in [-0.25, -0.2) is 18.6 Å². The standard InChI is InChI=1S/C28H26F2N4O2/c1-34-23-11-5-3-9-21(23)24(20-8-2-4-10-22(20)30)31-25(26(34)35)32-27(36)33-28(16-6-7-17-28)18-12-14-19(29)15-13-18/h2-5,8-15,25H,6-7,16-17H2,1H3,(H2,32,33,36). The molecule has 1 aliphatic carbocycles. The van der Waals surface area contributed by atoms with Crippen molar-refractivity contribution in [3.05, 3.63) is 101 Å². The highest BCUT2D eigenvalue weighted by Crippen LogP contribution is 2.39. The molecule has 3 aromatic carbocycles. The van der Waals surface area contributed by atoms with Crippen LogP contribution < -0.4 is 15.5 Å². The average molecular weight is 489 g/mol. The Balaban J connectivity index is 1.49. The summed E-state index contributed by atoms with van der Waals surface area (Å²) in [7, 11) is 1.60. The van der Waals surface area contributed by atoms with Crippen LogP contribution in [0.5, 0.6) is 0 Å². The highest BCUT2D eigenvalue weighted by molar-refractivity contribution is 6.20. The fraction of sp³-hybridized carbons (Fsp3) is 0.250. The molecule has 1 heterocycles. The summed E-state index contributed by atoms with van der Waals surface area (Å²) in [6.45, 7) is 0. The number of benzene rings is 3. The molecular formula is C28H26F2N4O2. The molecule has 1 aliphatic heterocycles. The van der Waals surface area contributed by atoms with E-state index in [1.54, 1.807) is 61.6 Å². The van der Waals surface area contributed by atoms with E-state index < -0.39 is 29.5 Å². The van der Waals surface area contributed by atoms with Gasteiger partial charge in [0.25, 0.3) is 5.91 Å². The quantitative estimate of drug-likeness (QED) is 0.550. The van der Waals surface area contributed by atoms with Gasteiger partial charge in [-0.1, -0.05) is 55.3 Å². The monoisotopic (exact) mass is 488 g/mol. The average Bonchev–Trinajstić information content (AvgIpc) is 3.32. The minimum Gasteiger partial charge on any atom is -0.329 e. The Labute approximate surface area is 208 Å². The molecule has 0 radical (unpaired) electrons. The molecule has 0 saturated heterocycles. The Morgan fingerprint density at radius 1 is 0.944 bits per heavy atom. The van der Waals surface area contributed by atoms with Crippen molar-refractivity contribution in [1.82, 2.24) is 10.6 Å². The maximum atomic E-state index is 14.8. The van der Waals surface area contributed by atoms with Gasteiger partial charge in [0.15, 0.2) is 0 Å². The van der Waals surface area contributed by atoms with E-state index in [1.807, 2.05) is 0 Å². The number of rotatable bonds is 4. The third-order valence-electron chi connectivity index (χ3n) is 6.95. The van der Waals surface area contributed by atoms with Gasteiger partial charge in [-0.3, -0.25) is 4.79 Å². The molecule has 1 atom stereocenters. The number of fused-ring (bicyclic) bond motifs is 1. The molecule has 0 spiro atoms. The van der Waals surface area contributed by atoms with Gasteiger partial charge in [0, 0.05) is 18.2 Å². The van der Waals surface area contributed by atoms with E-state index in [2.05, 4.69) is 15.6 Å². The number of likely N-dealkylation sites (N-methyl/N-ethyl adjacent to an activating group) is 1. The molecule has 3 amide bonds. The number of hydrogen-bond acceptors (Lipinski definition) is 3. The second-order valence-electron chi connectivity index (χ2n) is 9.17. The highest BCUT2D eigenvalue weighted by atomic mass is 19.1. The van der Waals surface area contributed by atoms with Crippen molar-refractivity contribution in [2.45, 2.75) is 37.4 Å². The molecule has 2 N–H and O–H groups in total. The largest absolute Gasteiger partial charge is 0.329 e. The van der Waals surface area contributed by atoms with E-state index in [1.165, 1.54) is 23.1 Å². The molecule has 3 aromatic rings. The van der Waals surface area contributed by atoms with Gasteiger partial charge in [-0.2, -0.15) is 0 Å². The molecule has 5 rings (SSSR count). The van der Waals surface area contributed by atoms with Gasteiger partial charge in [0.1, 0.15) is 11.6 Å². The summed E-state index contributed by atoms with van der Waals surface area (Å²) in [6, 6.07) is 18.8. The molecule has 36 heavy (non-hydrogen) atoms. The summed E-state index contributed by atoms with van der Waals surface area (Å²) in [4.78, 5) is 32.6. The van der Waals surface area contributed by atoms with Gasteiger partial charge < -0.3 is 15.5 Å². The van der Waals surface area contributed by atoms with Crippen LogP contribution in [0, 0.1) is 11.6 Å². The van der Waals surface area contributed by atoms with Crippen LogP contribution in [-0.4, -0.2) is 30.9 Å². The summed E-state index contributed by atoms with van der Waals surface area (Å²) in [5, 5.41) is 5.73. The maximum Gasteiger partial charge on any atom is 0.317 e. The van der Waals surface area contributed by atoms with Crippen molar-refractivity contribution in [3.63, 3.8) is 0 Å². The zero-order valence-electron chi connectivity index (χ0n) is 19.8. The maximum absolute atomic E-state index is 14.8. The topological polar surface area (TPSA) is 73.8 Å². The van der Waals surface area contributed by atoms with Crippen LogP contribution in [0.25, 0.3) is 0 Å². The van der Waals surface area contributed by atoms with Crippen LogP contribution in [0.15, 0.2) is 77.8 Å². The molecule has 2 aliphatic rings. The fourth-order valence-electron chi connectivity index (χ4n) is 5.10. The van der Waals surface area contributed by atoms with Gasteiger partial charge in [0.2, 0.25) is 6.17 Å². The predicted octanol–water partition coefficient (Wildman–Crippen LogP) is 4.87. The van der Waals surface area contributed by atoms with Crippen molar-refractivity contribution in [1.29, 1.82) is 0 Å². The van der Waals surface area contributed by atoms with E-state index in [-0.39, 0.29) is 17.1 Å². The Kier molecular flexibility index (Phi) is 6.26. The number of benzodiazepines with no additional fused rings is 1. The number of hydrogen-bond donors (Lipinski definition) is 2. The number of anilines is 1. The summed E-state index contributed by atoms with van der Waals surface area (Å²) < 4.78 is 28.3. The Morgan fingerprint density at radius 2 is 1.58 bits per heavy atom. The van der Waals surface area contributed by atoms with Gasteiger partial charge in [-0.05, 0) is 48.7 Å². The van der Waals surface area contributed by atoms with E-state index in [0.29, 0.717) is 24.1 Å². The first-order valence-corrected chi connectivity index (χ1v) is 11.9. The Bertz CT molecular complexity index is 1330. The first-order valence-electron chi connectivity index (χ1n) is 11.9. The molecule has 1 fully saturated rings. The van der Waals surface area contributed by atoms with Crippen LogP contribution in [0.3, 0.4) is 0 Å². The van der Waals surface area contributed by atoms with Crippen LogP contribution >= 0.6 is 0 Å².